The van der Waals surface area contributed by atoms with E-state index in [2.05, 4.69) is 15.9 Å². The number of benzene rings is 3. The number of hydrogen-bond donors (Lipinski definition) is 0. The second kappa shape index (κ2) is 7.52. The van der Waals surface area contributed by atoms with E-state index < -0.39 is 6.04 Å². The number of hydrogen-bond acceptors (Lipinski definition) is 3. The number of rotatable bonds is 2. The zero-order valence-electron chi connectivity index (χ0n) is 16.2. The van der Waals surface area contributed by atoms with E-state index >= 15 is 0 Å². The number of nitrogens with zero attached hydrogens (tertiary/aromatic N) is 1. The smallest absolute Gasteiger partial charge is 0.295 e. The lowest BCUT2D eigenvalue weighted by Crippen LogP contribution is -2.29. The Kier molecular flexibility index (Phi) is 4.93. The molecule has 0 spiro atoms. The summed E-state index contributed by atoms with van der Waals surface area (Å²) in [6.07, 6.45) is 0. The molecule has 1 aliphatic rings. The number of anilines is 1. The molecule has 0 fully saturated rings. The molecule has 4 nitrogen and oxygen atoms in total. The zero-order chi connectivity index (χ0) is 21.9. The van der Waals surface area contributed by atoms with Crippen molar-refractivity contribution >= 4 is 61.7 Å². The molecule has 5 rings (SSSR count). The Morgan fingerprint density at radius 1 is 0.968 bits per heavy atom. The Balaban J connectivity index is 1.84. The van der Waals surface area contributed by atoms with Gasteiger partial charge in [0.1, 0.15) is 5.58 Å². The van der Waals surface area contributed by atoms with Crippen LogP contribution in [-0.4, -0.2) is 5.91 Å². The first-order valence-electron chi connectivity index (χ1n) is 9.46. The lowest BCUT2D eigenvalue weighted by atomic mass is 9.98. The van der Waals surface area contributed by atoms with Crippen molar-refractivity contribution in [3.05, 3.63) is 108 Å². The van der Waals surface area contributed by atoms with Gasteiger partial charge in [-0.1, -0.05) is 57.3 Å². The number of aryl methyl sites for hydroxylation is 1. The summed E-state index contributed by atoms with van der Waals surface area (Å²) >= 11 is 15.8. The highest BCUT2D eigenvalue weighted by molar-refractivity contribution is 9.10. The first-order chi connectivity index (χ1) is 14.8. The van der Waals surface area contributed by atoms with Crippen LogP contribution in [0.1, 0.15) is 33.3 Å². The van der Waals surface area contributed by atoms with Crippen LogP contribution in [0.25, 0.3) is 11.0 Å². The molecular weight excluding hydrogens is 501 g/mol. The first-order valence-corrected chi connectivity index (χ1v) is 11.0. The van der Waals surface area contributed by atoms with Crippen molar-refractivity contribution in [1.29, 1.82) is 0 Å². The van der Waals surface area contributed by atoms with Gasteiger partial charge < -0.3 is 4.42 Å². The fraction of sp³-hybridized carbons (Fsp3) is 0.0833. The third-order valence-electron chi connectivity index (χ3n) is 5.37. The van der Waals surface area contributed by atoms with Gasteiger partial charge in [0.25, 0.3) is 5.91 Å². The maximum atomic E-state index is 13.6. The van der Waals surface area contributed by atoms with Gasteiger partial charge in [0.15, 0.2) is 5.43 Å². The molecule has 7 heteroatoms. The van der Waals surface area contributed by atoms with Crippen LogP contribution >= 0.6 is 39.1 Å². The molecule has 1 amide bonds. The molecule has 1 atom stereocenters. The minimum absolute atomic E-state index is 0.0393. The summed E-state index contributed by atoms with van der Waals surface area (Å²) in [5.74, 6) is -0.337. The normalized spacial score (nSPS) is 15.5. The summed E-state index contributed by atoms with van der Waals surface area (Å²) in [5, 5.41) is 1.14. The van der Waals surface area contributed by atoms with Crippen LogP contribution in [0.15, 0.2) is 74.3 Å². The highest BCUT2D eigenvalue weighted by Gasteiger charge is 2.43. The van der Waals surface area contributed by atoms with Crippen LogP contribution in [0, 0.1) is 6.92 Å². The molecule has 0 saturated carbocycles. The van der Waals surface area contributed by atoms with E-state index in [1.807, 2.05) is 31.2 Å². The minimum atomic E-state index is -0.696. The molecule has 31 heavy (non-hydrogen) atoms. The van der Waals surface area contributed by atoms with E-state index in [0.717, 1.165) is 10.0 Å². The Labute approximate surface area is 196 Å². The minimum Gasteiger partial charge on any atom is -0.450 e. The van der Waals surface area contributed by atoms with Crippen molar-refractivity contribution in [2.45, 2.75) is 13.0 Å². The molecule has 154 valence electrons. The number of amides is 1. The Hall–Kier alpha value is -2.60. The van der Waals surface area contributed by atoms with Gasteiger partial charge in [-0.2, -0.15) is 0 Å². The van der Waals surface area contributed by atoms with Crippen LogP contribution in [0.5, 0.6) is 0 Å². The van der Waals surface area contributed by atoms with Crippen molar-refractivity contribution in [3.8, 4) is 0 Å². The van der Waals surface area contributed by atoms with Gasteiger partial charge in [0, 0.05) is 10.2 Å². The molecule has 4 aromatic rings. The molecule has 0 radical (unpaired) electrons. The molecule has 3 aromatic carbocycles. The van der Waals surface area contributed by atoms with Gasteiger partial charge in [-0.3, -0.25) is 14.5 Å². The number of halogens is 3. The molecule has 1 unspecified atom stereocenters. The largest absolute Gasteiger partial charge is 0.450 e. The quantitative estimate of drug-likeness (QED) is 0.291. The van der Waals surface area contributed by atoms with Crippen molar-refractivity contribution in [2.24, 2.45) is 0 Å². The van der Waals surface area contributed by atoms with E-state index in [-0.39, 0.29) is 22.7 Å². The highest BCUT2D eigenvalue weighted by atomic mass is 79.9. The van der Waals surface area contributed by atoms with Gasteiger partial charge in [-0.05, 0) is 60.5 Å². The molecule has 2 heterocycles. The van der Waals surface area contributed by atoms with E-state index in [4.69, 9.17) is 27.6 Å². The Morgan fingerprint density at radius 3 is 2.52 bits per heavy atom. The maximum absolute atomic E-state index is 13.6. The number of carbonyl (C=O) groups excluding carboxylic acids is 1. The van der Waals surface area contributed by atoms with Gasteiger partial charge in [0.05, 0.1) is 27.0 Å². The van der Waals surface area contributed by atoms with Gasteiger partial charge in [0.2, 0.25) is 5.76 Å². The van der Waals surface area contributed by atoms with Crippen molar-refractivity contribution < 1.29 is 9.21 Å². The van der Waals surface area contributed by atoms with Crippen molar-refractivity contribution in [1.82, 2.24) is 0 Å². The summed E-state index contributed by atoms with van der Waals surface area (Å²) in [7, 11) is 0. The second-order valence-electron chi connectivity index (χ2n) is 7.40. The van der Waals surface area contributed by atoms with Crippen LogP contribution in [0.4, 0.5) is 5.69 Å². The molecule has 0 bridgehead atoms. The Morgan fingerprint density at radius 2 is 1.77 bits per heavy atom. The number of fused-ring (bicyclic) bond motifs is 2. The lowest BCUT2D eigenvalue weighted by molar-refractivity contribution is 0.0971. The summed E-state index contributed by atoms with van der Waals surface area (Å²) in [6, 6.07) is 17.1. The monoisotopic (exact) mass is 513 g/mol. The van der Waals surface area contributed by atoms with Crippen LogP contribution in [0.3, 0.4) is 0 Å². The Bertz CT molecular complexity index is 1450. The van der Waals surface area contributed by atoms with Crippen LogP contribution < -0.4 is 10.3 Å². The molecular formula is C24H14BrCl2NO3. The number of carbonyl (C=O) groups is 1. The molecule has 1 aliphatic heterocycles. The topological polar surface area (TPSA) is 50.5 Å². The summed E-state index contributed by atoms with van der Waals surface area (Å²) < 4.78 is 6.72. The summed E-state index contributed by atoms with van der Waals surface area (Å²) in [4.78, 5) is 28.7. The molecule has 1 aromatic heterocycles. The lowest BCUT2D eigenvalue weighted by Gasteiger charge is -2.25. The van der Waals surface area contributed by atoms with Crippen molar-refractivity contribution in [2.75, 3.05) is 4.90 Å². The van der Waals surface area contributed by atoms with E-state index in [0.29, 0.717) is 32.3 Å². The zero-order valence-corrected chi connectivity index (χ0v) is 19.3. The molecule has 0 N–H and O–H groups in total. The first kappa shape index (κ1) is 20.3. The maximum Gasteiger partial charge on any atom is 0.295 e. The highest BCUT2D eigenvalue weighted by Crippen LogP contribution is 2.42. The SMILES string of the molecule is Cc1cccc(N2C(=O)c3oc4ccc(Br)cc4c(=O)c3C2c2ccc(Cl)c(Cl)c2)c1. The van der Waals surface area contributed by atoms with Crippen LogP contribution in [-0.2, 0) is 0 Å². The average Bonchev–Trinajstić information content (AvgIpc) is 3.03. The predicted octanol–water partition coefficient (Wildman–Crippen LogP) is 6.92. The second-order valence-corrected chi connectivity index (χ2v) is 9.13. The summed E-state index contributed by atoms with van der Waals surface area (Å²) in [6.45, 7) is 1.95. The standard InChI is InChI=1S/C24H14BrCl2NO3/c1-12-3-2-4-15(9-12)28-21(13-5-7-17(26)18(27)10-13)20-22(29)16-11-14(25)6-8-19(16)31-23(20)24(28)30/h2-11,21H,1H3. The van der Waals surface area contributed by atoms with E-state index in [1.54, 1.807) is 41.3 Å². The van der Waals surface area contributed by atoms with E-state index in [9.17, 15) is 9.59 Å². The fourth-order valence-electron chi connectivity index (χ4n) is 3.99. The van der Waals surface area contributed by atoms with Gasteiger partial charge >= 0.3 is 0 Å². The predicted molar refractivity (Wildman–Crippen MR) is 126 cm³/mol. The fourth-order valence-corrected chi connectivity index (χ4v) is 4.65. The van der Waals surface area contributed by atoms with Gasteiger partial charge in [-0.15, -0.1) is 0 Å². The average molecular weight is 515 g/mol. The van der Waals surface area contributed by atoms with Crippen molar-refractivity contribution in [3.63, 3.8) is 0 Å². The molecule has 0 saturated heterocycles. The van der Waals surface area contributed by atoms with Crippen LogP contribution in [0.2, 0.25) is 10.0 Å². The van der Waals surface area contributed by atoms with E-state index in [1.165, 1.54) is 0 Å². The molecule has 0 aliphatic carbocycles. The third-order valence-corrected chi connectivity index (χ3v) is 6.60. The third kappa shape index (κ3) is 3.28. The summed E-state index contributed by atoms with van der Waals surface area (Å²) in [5.41, 5.74) is 2.72. The van der Waals surface area contributed by atoms with Gasteiger partial charge in [-0.25, -0.2) is 0 Å².